The quantitative estimate of drug-likeness (QED) is 0.806. The standard InChI is InChI=1S/C13H20N2O/c1-9(2)8-14-13(16)12-7-10-5-3-4-6-11(10)15-12/h7,9,15H,3-6,8H2,1-2H3,(H,14,16). The van der Waals surface area contributed by atoms with E-state index < -0.39 is 0 Å². The molecule has 0 radical (unpaired) electrons. The van der Waals surface area contributed by atoms with Gasteiger partial charge in [0.15, 0.2) is 0 Å². The SMILES string of the molecule is CC(C)CNC(=O)c1cc2c([nH]1)CCCC2. The predicted octanol–water partition coefficient (Wildman–Crippen LogP) is 2.28. The summed E-state index contributed by atoms with van der Waals surface area (Å²) in [5.74, 6) is 0.525. The van der Waals surface area contributed by atoms with Crippen molar-refractivity contribution < 1.29 is 4.79 Å². The Labute approximate surface area is 96.6 Å². The van der Waals surface area contributed by atoms with Gasteiger partial charge in [-0.3, -0.25) is 4.79 Å². The molecule has 1 aliphatic carbocycles. The second-order valence-corrected chi connectivity index (χ2v) is 5.00. The van der Waals surface area contributed by atoms with Crippen molar-refractivity contribution in [2.75, 3.05) is 6.54 Å². The molecular weight excluding hydrogens is 200 g/mol. The van der Waals surface area contributed by atoms with E-state index in [4.69, 9.17) is 0 Å². The molecule has 0 unspecified atom stereocenters. The van der Waals surface area contributed by atoms with Gasteiger partial charge in [-0.1, -0.05) is 13.8 Å². The summed E-state index contributed by atoms with van der Waals surface area (Å²) in [5, 5.41) is 2.94. The van der Waals surface area contributed by atoms with Crippen molar-refractivity contribution in [3.8, 4) is 0 Å². The first kappa shape index (κ1) is 11.2. The van der Waals surface area contributed by atoms with Gasteiger partial charge in [-0.25, -0.2) is 0 Å². The molecule has 88 valence electrons. The van der Waals surface area contributed by atoms with E-state index in [0.717, 1.165) is 25.1 Å². The maximum Gasteiger partial charge on any atom is 0.267 e. The van der Waals surface area contributed by atoms with E-state index in [-0.39, 0.29) is 5.91 Å². The number of amides is 1. The summed E-state index contributed by atoms with van der Waals surface area (Å²) in [6.45, 7) is 4.93. The van der Waals surface area contributed by atoms with Crippen LogP contribution in [-0.2, 0) is 12.8 Å². The fraction of sp³-hybridized carbons (Fsp3) is 0.615. The number of rotatable bonds is 3. The van der Waals surface area contributed by atoms with Crippen LogP contribution < -0.4 is 5.32 Å². The molecule has 16 heavy (non-hydrogen) atoms. The Bertz CT molecular complexity index is 356. The Balaban J connectivity index is 2.03. The molecule has 0 aliphatic heterocycles. The highest BCUT2D eigenvalue weighted by molar-refractivity contribution is 5.92. The van der Waals surface area contributed by atoms with Gasteiger partial charge in [0, 0.05) is 12.2 Å². The van der Waals surface area contributed by atoms with Crippen LogP contribution >= 0.6 is 0 Å². The molecule has 2 N–H and O–H groups in total. The summed E-state index contributed by atoms with van der Waals surface area (Å²) in [7, 11) is 0. The number of nitrogens with one attached hydrogen (secondary N) is 2. The molecule has 1 aliphatic rings. The van der Waals surface area contributed by atoms with Gasteiger partial charge in [-0.2, -0.15) is 0 Å². The number of carbonyl (C=O) groups is 1. The average molecular weight is 220 g/mol. The minimum absolute atomic E-state index is 0.0306. The Morgan fingerprint density at radius 2 is 2.19 bits per heavy atom. The lowest BCUT2D eigenvalue weighted by atomic mass is 9.98. The van der Waals surface area contributed by atoms with E-state index in [2.05, 4.69) is 24.1 Å². The minimum atomic E-state index is 0.0306. The molecule has 1 aromatic heterocycles. The third-order valence-electron chi connectivity index (χ3n) is 3.03. The van der Waals surface area contributed by atoms with E-state index in [1.165, 1.54) is 24.1 Å². The van der Waals surface area contributed by atoms with Crippen molar-refractivity contribution in [2.24, 2.45) is 5.92 Å². The van der Waals surface area contributed by atoms with E-state index in [1.807, 2.05) is 6.07 Å². The maximum absolute atomic E-state index is 11.8. The molecule has 1 amide bonds. The average Bonchev–Trinajstić information content (AvgIpc) is 2.69. The van der Waals surface area contributed by atoms with Crippen molar-refractivity contribution in [1.82, 2.24) is 10.3 Å². The molecule has 0 atom stereocenters. The highest BCUT2D eigenvalue weighted by atomic mass is 16.1. The van der Waals surface area contributed by atoms with Crippen LogP contribution in [-0.4, -0.2) is 17.4 Å². The molecule has 0 fully saturated rings. The lowest BCUT2D eigenvalue weighted by Gasteiger charge is -2.09. The van der Waals surface area contributed by atoms with Crippen LogP contribution in [0.3, 0.4) is 0 Å². The number of aryl methyl sites for hydroxylation is 2. The monoisotopic (exact) mass is 220 g/mol. The van der Waals surface area contributed by atoms with Crippen molar-refractivity contribution in [3.63, 3.8) is 0 Å². The number of hydrogen-bond donors (Lipinski definition) is 2. The van der Waals surface area contributed by atoms with E-state index in [0.29, 0.717) is 5.92 Å². The second kappa shape index (κ2) is 4.73. The van der Waals surface area contributed by atoms with Crippen LogP contribution in [0.25, 0.3) is 0 Å². The van der Waals surface area contributed by atoms with E-state index >= 15 is 0 Å². The van der Waals surface area contributed by atoms with Crippen LogP contribution in [0.4, 0.5) is 0 Å². The molecule has 3 nitrogen and oxygen atoms in total. The number of H-pyrrole nitrogens is 1. The number of carbonyl (C=O) groups excluding carboxylic acids is 1. The van der Waals surface area contributed by atoms with Gasteiger partial charge in [-0.05, 0) is 43.2 Å². The van der Waals surface area contributed by atoms with Gasteiger partial charge in [0.1, 0.15) is 5.69 Å². The smallest absolute Gasteiger partial charge is 0.267 e. The van der Waals surface area contributed by atoms with Crippen molar-refractivity contribution in [1.29, 1.82) is 0 Å². The fourth-order valence-corrected chi connectivity index (χ4v) is 2.12. The van der Waals surface area contributed by atoms with Crippen LogP contribution in [0.1, 0.15) is 48.4 Å². The topological polar surface area (TPSA) is 44.9 Å². The number of aromatic amines is 1. The third kappa shape index (κ3) is 2.46. The lowest BCUT2D eigenvalue weighted by molar-refractivity contribution is 0.0944. The molecule has 0 saturated heterocycles. The van der Waals surface area contributed by atoms with Gasteiger partial charge in [-0.15, -0.1) is 0 Å². The summed E-state index contributed by atoms with van der Waals surface area (Å²) in [4.78, 5) is 15.1. The summed E-state index contributed by atoms with van der Waals surface area (Å²) >= 11 is 0. The van der Waals surface area contributed by atoms with E-state index in [1.54, 1.807) is 0 Å². The molecular formula is C13H20N2O. The Morgan fingerprint density at radius 1 is 1.44 bits per heavy atom. The molecule has 1 aromatic rings. The van der Waals surface area contributed by atoms with Gasteiger partial charge < -0.3 is 10.3 Å². The van der Waals surface area contributed by atoms with Gasteiger partial charge in [0.2, 0.25) is 0 Å². The largest absolute Gasteiger partial charge is 0.354 e. The van der Waals surface area contributed by atoms with Crippen LogP contribution in [0.15, 0.2) is 6.07 Å². The molecule has 0 bridgehead atoms. The van der Waals surface area contributed by atoms with Gasteiger partial charge >= 0.3 is 0 Å². The number of hydrogen-bond acceptors (Lipinski definition) is 1. The maximum atomic E-state index is 11.8. The summed E-state index contributed by atoms with van der Waals surface area (Å²) in [6.07, 6.45) is 4.69. The first-order valence-electron chi connectivity index (χ1n) is 6.16. The van der Waals surface area contributed by atoms with Crippen LogP contribution in [0.5, 0.6) is 0 Å². The van der Waals surface area contributed by atoms with Gasteiger partial charge in [0.05, 0.1) is 0 Å². The molecule has 0 aromatic carbocycles. The summed E-state index contributed by atoms with van der Waals surface area (Å²) in [5.41, 5.74) is 3.33. The second-order valence-electron chi connectivity index (χ2n) is 5.00. The highest BCUT2D eigenvalue weighted by Gasteiger charge is 2.16. The summed E-state index contributed by atoms with van der Waals surface area (Å²) < 4.78 is 0. The Kier molecular flexibility index (Phi) is 3.32. The zero-order valence-corrected chi connectivity index (χ0v) is 10.1. The number of fused-ring (bicyclic) bond motifs is 1. The summed E-state index contributed by atoms with van der Waals surface area (Å²) in [6, 6.07) is 2.02. The first-order valence-corrected chi connectivity index (χ1v) is 6.16. The Hall–Kier alpha value is -1.25. The zero-order valence-electron chi connectivity index (χ0n) is 10.1. The van der Waals surface area contributed by atoms with Crippen LogP contribution in [0, 0.1) is 5.92 Å². The lowest BCUT2D eigenvalue weighted by Crippen LogP contribution is -2.27. The molecule has 1 heterocycles. The Morgan fingerprint density at radius 3 is 2.88 bits per heavy atom. The predicted molar refractivity (Wildman–Crippen MR) is 64.6 cm³/mol. The molecule has 0 spiro atoms. The first-order chi connectivity index (χ1) is 7.66. The van der Waals surface area contributed by atoms with Crippen molar-refractivity contribution in [2.45, 2.75) is 39.5 Å². The van der Waals surface area contributed by atoms with Crippen molar-refractivity contribution in [3.05, 3.63) is 23.0 Å². The van der Waals surface area contributed by atoms with Gasteiger partial charge in [0.25, 0.3) is 5.91 Å². The number of aromatic nitrogens is 1. The highest BCUT2D eigenvalue weighted by Crippen LogP contribution is 2.21. The molecule has 0 saturated carbocycles. The molecule has 2 rings (SSSR count). The van der Waals surface area contributed by atoms with Crippen molar-refractivity contribution >= 4 is 5.91 Å². The zero-order chi connectivity index (χ0) is 11.5. The normalized spacial score (nSPS) is 14.9. The van der Waals surface area contributed by atoms with E-state index in [9.17, 15) is 4.79 Å². The fourth-order valence-electron chi connectivity index (χ4n) is 2.12. The van der Waals surface area contributed by atoms with Crippen LogP contribution in [0.2, 0.25) is 0 Å². The minimum Gasteiger partial charge on any atom is -0.354 e. The third-order valence-corrected chi connectivity index (χ3v) is 3.03. The molecule has 3 heteroatoms.